The van der Waals surface area contributed by atoms with E-state index in [2.05, 4.69) is 4.74 Å². The first-order valence-corrected chi connectivity index (χ1v) is 7.57. The van der Waals surface area contributed by atoms with Crippen molar-refractivity contribution in [3.63, 3.8) is 0 Å². The van der Waals surface area contributed by atoms with Gasteiger partial charge in [-0.15, -0.1) is 0 Å². The lowest BCUT2D eigenvalue weighted by molar-refractivity contribution is -0.142. The molecule has 0 aromatic carbocycles. The molecule has 9 heteroatoms. The van der Waals surface area contributed by atoms with Gasteiger partial charge in [-0.05, 0) is 25.2 Å². The first-order valence-electron chi connectivity index (χ1n) is 7.57. The summed E-state index contributed by atoms with van der Waals surface area (Å²) in [4.78, 5) is 30.3. The minimum Gasteiger partial charge on any atom is -0.480 e. The van der Waals surface area contributed by atoms with E-state index in [9.17, 15) is 14.4 Å². The minimum absolute atomic E-state index is 0.0208. The molecule has 24 heavy (non-hydrogen) atoms. The van der Waals surface area contributed by atoms with Gasteiger partial charge in [-0.25, -0.2) is 0 Å². The maximum absolute atomic E-state index is 10.2. The highest BCUT2D eigenvalue weighted by molar-refractivity contribution is 5.74. The standard InChI is InChI=1S/C6H13NO2.C5H11NO2.C4H9NO2/c1-4(2)3-5(7)6(8)9;1-3(2)4(6)5(7)8;1-3(5)4(6)7-2/h4-5H,3,7H2,1-2H3,(H,8,9);3-4H,6H2,1-2H3,(H,7,8);3H,5H2,1-2H3/t5-;4-;3-/m000/s1. The van der Waals surface area contributed by atoms with Crippen LogP contribution in [-0.2, 0) is 19.1 Å². The van der Waals surface area contributed by atoms with Crippen LogP contribution in [0.1, 0.15) is 41.0 Å². The van der Waals surface area contributed by atoms with Gasteiger partial charge in [0.05, 0.1) is 7.11 Å². The zero-order valence-electron chi connectivity index (χ0n) is 15.4. The molecule has 0 aliphatic rings. The third-order valence-corrected chi connectivity index (χ3v) is 2.62. The van der Waals surface area contributed by atoms with Gasteiger partial charge in [0, 0.05) is 0 Å². The van der Waals surface area contributed by atoms with Gasteiger partial charge in [-0.3, -0.25) is 14.4 Å². The van der Waals surface area contributed by atoms with Gasteiger partial charge < -0.3 is 32.2 Å². The summed E-state index contributed by atoms with van der Waals surface area (Å²) in [5.74, 6) is -1.84. The number of rotatable bonds is 6. The molecule has 0 rings (SSSR count). The predicted octanol–water partition coefficient (Wildman–Crippen LogP) is 0.00530. The van der Waals surface area contributed by atoms with Crippen LogP contribution >= 0.6 is 0 Å². The maximum atomic E-state index is 10.2. The number of carbonyl (C=O) groups is 3. The van der Waals surface area contributed by atoms with Crippen LogP contribution in [-0.4, -0.2) is 53.4 Å². The molecule has 0 aromatic heterocycles. The first-order chi connectivity index (χ1) is 10.8. The number of ether oxygens (including phenoxy) is 1. The molecule has 3 atom stereocenters. The molecule has 0 aliphatic heterocycles. The van der Waals surface area contributed by atoms with E-state index < -0.39 is 30.1 Å². The van der Waals surface area contributed by atoms with Crippen LogP contribution in [0.15, 0.2) is 0 Å². The molecule has 0 saturated carbocycles. The summed E-state index contributed by atoms with van der Waals surface area (Å²) >= 11 is 0. The summed E-state index contributed by atoms with van der Waals surface area (Å²) < 4.78 is 4.25. The number of nitrogens with two attached hydrogens (primary N) is 3. The Morgan fingerprint density at radius 2 is 1.33 bits per heavy atom. The Labute approximate surface area is 143 Å². The lowest BCUT2D eigenvalue weighted by Crippen LogP contribution is -2.34. The third-order valence-electron chi connectivity index (χ3n) is 2.62. The van der Waals surface area contributed by atoms with Crippen LogP contribution in [0.3, 0.4) is 0 Å². The summed E-state index contributed by atoms with van der Waals surface area (Å²) in [7, 11) is 1.31. The molecule has 0 aliphatic carbocycles. The average Bonchev–Trinajstić information content (AvgIpc) is 2.45. The summed E-state index contributed by atoms with van der Waals surface area (Å²) in [5.41, 5.74) is 15.4. The Balaban J connectivity index is -0.000000278. The van der Waals surface area contributed by atoms with E-state index in [1.165, 1.54) is 7.11 Å². The van der Waals surface area contributed by atoms with Crippen LogP contribution in [0.4, 0.5) is 0 Å². The average molecular weight is 351 g/mol. The van der Waals surface area contributed by atoms with Crippen molar-refractivity contribution in [2.24, 2.45) is 29.0 Å². The largest absolute Gasteiger partial charge is 0.480 e. The highest BCUT2D eigenvalue weighted by Crippen LogP contribution is 2.01. The SMILES string of the molecule is CC(C)C[C@H](N)C(=O)O.CC(C)[C@H](N)C(=O)O.COC(=O)[C@H](C)N. The zero-order chi connectivity index (χ0) is 20.0. The molecule has 0 radical (unpaired) electrons. The van der Waals surface area contributed by atoms with Crippen LogP contribution < -0.4 is 17.2 Å². The number of carbonyl (C=O) groups excluding carboxylic acids is 1. The lowest BCUT2D eigenvalue weighted by atomic mass is 10.1. The fourth-order valence-corrected chi connectivity index (χ4v) is 1.08. The molecule has 8 N–H and O–H groups in total. The van der Waals surface area contributed by atoms with Crippen LogP contribution in [0.25, 0.3) is 0 Å². The van der Waals surface area contributed by atoms with E-state index >= 15 is 0 Å². The minimum atomic E-state index is -0.931. The van der Waals surface area contributed by atoms with Crippen molar-refractivity contribution in [1.29, 1.82) is 0 Å². The first kappa shape index (κ1) is 27.2. The normalized spacial score (nSPS) is 13.6. The van der Waals surface area contributed by atoms with Gasteiger partial charge in [0.25, 0.3) is 0 Å². The van der Waals surface area contributed by atoms with Crippen LogP contribution in [0.2, 0.25) is 0 Å². The topological polar surface area (TPSA) is 179 Å². The van der Waals surface area contributed by atoms with Crippen molar-refractivity contribution in [2.45, 2.75) is 59.2 Å². The van der Waals surface area contributed by atoms with Crippen LogP contribution in [0, 0.1) is 11.8 Å². The molecule has 9 nitrogen and oxygen atoms in total. The number of hydrogen-bond acceptors (Lipinski definition) is 7. The fraction of sp³-hybridized carbons (Fsp3) is 0.800. The van der Waals surface area contributed by atoms with E-state index in [0.29, 0.717) is 12.3 Å². The molecule has 0 fully saturated rings. The highest BCUT2D eigenvalue weighted by atomic mass is 16.5. The van der Waals surface area contributed by atoms with Crippen molar-refractivity contribution in [1.82, 2.24) is 0 Å². The Kier molecular flexibility index (Phi) is 16.8. The second kappa shape index (κ2) is 14.9. The van der Waals surface area contributed by atoms with Crippen molar-refractivity contribution >= 4 is 17.9 Å². The van der Waals surface area contributed by atoms with Crippen molar-refractivity contribution in [3.05, 3.63) is 0 Å². The van der Waals surface area contributed by atoms with Crippen molar-refractivity contribution in [2.75, 3.05) is 7.11 Å². The van der Waals surface area contributed by atoms with E-state index in [0.717, 1.165) is 0 Å². The second-order valence-electron chi connectivity index (χ2n) is 5.99. The molecule has 0 saturated heterocycles. The monoisotopic (exact) mass is 351 g/mol. The Morgan fingerprint density at radius 1 is 0.917 bits per heavy atom. The summed E-state index contributed by atoms with van der Waals surface area (Å²) in [5, 5.41) is 16.5. The third kappa shape index (κ3) is 18.3. The number of carboxylic acid groups (broad SMARTS) is 2. The number of aliphatic carboxylic acids is 2. The van der Waals surface area contributed by atoms with Gasteiger partial charge >= 0.3 is 17.9 Å². The molecular formula is C15H33N3O6. The van der Waals surface area contributed by atoms with Crippen molar-refractivity contribution < 1.29 is 29.3 Å². The summed E-state index contributed by atoms with van der Waals surface area (Å²) in [6.45, 7) is 9.02. The van der Waals surface area contributed by atoms with E-state index in [1.54, 1.807) is 20.8 Å². The maximum Gasteiger partial charge on any atom is 0.322 e. The van der Waals surface area contributed by atoms with E-state index in [1.807, 2.05) is 13.8 Å². The molecule has 0 heterocycles. The van der Waals surface area contributed by atoms with Gasteiger partial charge in [-0.2, -0.15) is 0 Å². The van der Waals surface area contributed by atoms with E-state index in [4.69, 9.17) is 27.4 Å². The molecule has 144 valence electrons. The molecule has 0 spiro atoms. The number of carboxylic acids is 2. The predicted molar refractivity (Wildman–Crippen MR) is 91.2 cm³/mol. The van der Waals surface area contributed by atoms with Gasteiger partial charge in [-0.1, -0.05) is 27.7 Å². The molecule has 0 aromatic rings. The van der Waals surface area contributed by atoms with Crippen LogP contribution in [0.5, 0.6) is 0 Å². The molecule has 0 unspecified atom stereocenters. The fourth-order valence-electron chi connectivity index (χ4n) is 1.08. The Bertz CT molecular complexity index is 372. The van der Waals surface area contributed by atoms with Gasteiger partial charge in [0.2, 0.25) is 0 Å². The van der Waals surface area contributed by atoms with Gasteiger partial charge in [0.15, 0.2) is 0 Å². The lowest BCUT2D eigenvalue weighted by Gasteiger charge is -2.07. The number of esters is 1. The van der Waals surface area contributed by atoms with E-state index in [-0.39, 0.29) is 11.9 Å². The Hall–Kier alpha value is -1.71. The summed E-state index contributed by atoms with van der Waals surface area (Å²) in [6.07, 6.45) is 0.551. The smallest absolute Gasteiger partial charge is 0.322 e. The Morgan fingerprint density at radius 3 is 1.38 bits per heavy atom. The number of hydrogen-bond donors (Lipinski definition) is 5. The summed E-state index contributed by atoms with van der Waals surface area (Å²) in [6, 6.07) is -1.90. The number of methoxy groups -OCH3 is 1. The second-order valence-corrected chi connectivity index (χ2v) is 5.99. The molecule has 0 bridgehead atoms. The quantitative estimate of drug-likeness (QED) is 0.412. The van der Waals surface area contributed by atoms with Gasteiger partial charge in [0.1, 0.15) is 18.1 Å². The molecule has 0 amide bonds. The highest BCUT2D eigenvalue weighted by Gasteiger charge is 2.14. The van der Waals surface area contributed by atoms with Crippen molar-refractivity contribution in [3.8, 4) is 0 Å². The molecular weight excluding hydrogens is 318 g/mol. The zero-order valence-corrected chi connectivity index (χ0v) is 15.4.